The molecule has 0 bridgehead atoms. The minimum Gasteiger partial charge on any atom is -0.330 e. The molecule has 0 aliphatic carbocycles. The molecule has 3 heteroatoms. The number of hydrogen-bond acceptors (Lipinski definition) is 2. The maximum atomic E-state index is 11.4. The van der Waals surface area contributed by atoms with Crippen LogP contribution in [0.5, 0.6) is 0 Å². The third kappa shape index (κ3) is 4.16. The predicted molar refractivity (Wildman–Crippen MR) is 65.9 cm³/mol. The fourth-order valence-electron chi connectivity index (χ4n) is 1.27. The minimum atomic E-state index is -0.000208. The van der Waals surface area contributed by atoms with Crippen molar-refractivity contribution in [3.8, 4) is 11.8 Å². The van der Waals surface area contributed by atoms with E-state index in [9.17, 15) is 4.79 Å². The smallest absolute Gasteiger partial charge is 0.224 e. The van der Waals surface area contributed by atoms with Crippen LogP contribution >= 0.6 is 0 Å². The van der Waals surface area contributed by atoms with Crippen LogP contribution in [0, 0.1) is 11.8 Å². The van der Waals surface area contributed by atoms with E-state index in [2.05, 4.69) is 17.2 Å². The second kappa shape index (κ2) is 6.65. The summed E-state index contributed by atoms with van der Waals surface area (Å²) in [6.45, 7) is 2.33. The Hall–Kier alpha value is -1.79. The lowest BCUT2D eigenvalue weighted by Crippen LogP contribution is -2.13. The third-order valence-corrected chi connectivity index (χ3v) is 2.05. The lowest BCUT2D eigenvalue weighted by Gasteiger charge is -2.04. The summed E-state index contributed by atoms with van der Waals surface area (Å²) in [6.07, 6.45) is 1.18. The SMILES string of the molecule is CC#Cc1ccc(NC(=O)CCCN)cc1. The Bertz CT molecular complexity index is 398. The van der Waals surface area contributed by atoms with Crippen molar-refractivity contribution in [1.82, 2.24) is 0 Å². The van der Waals surface area contributed by atoms with Crippen molar-refractivity contribution in [2.75, 3.05) is 11.9 Å². The van der Waals surface area contributed by atoms with E-state index in [4.69, 9.17) is 5.73 Å². The summed E-state index contributed by atoms with van der Waals surface area (Å²) in [5.74, 6) is 5.76. The molecule has 16 heavy (non-hydrogen) atoms. The summed E-state index contributed by atoms with van der Waals surface area (Å²) in [6, 6.07) is 7.46. The molecule has 0 fully saturated rings. The largest absolute Gasteiger partial charge is 0.330 e. The average Bonchev–Trinajstić information content (AvgIpc) is 2.29. The maximum absolute atomic E-state index is 11.4. The zero-order valence-electron chi connectivity index (χ0n) is 9.42. The monoisotopic (exact) mass is 216 g/mol. The first-order valence-electron chi connectivity index (χ1n) is 5.29. The number of benzene rings is 1. The van der Waals surface area contributed by atoms with Gasteiger partial charge in [0.05, 0.1) is 0 Å². The molecule has 1 aromatic carbocycles. The highest BCUT2D eigenvalue weighted by molar-refractivity contribution is 5.90. The lowest BCUT2D eigenvalue weighted by molar-refractivity contribution is -0.116. The zero-order valence-corrected chi connectivity index (χ0v) is 9.42. The Kier molecular flexibility index (Phi) is 5.10. The van der Waals surface area contributed by atoms with Crippen LogP contribution in [0.25, 0.3) is 0 Å². The Morgan fingerprint density at radius 1 is 1.38 bits per heavy atom. The van der Waals surface area contributed by atoms with E-state index in [0.717, 1.165) is 11.3 Å². The van der Waals surface area contributed by atoms with Gasteiger partial charge in [0, 0.05) is 17.7 Å². The van der Waals surface area contributed by atoms with Crippen LogP contribution in [0.1, 0.15) is 25.3 Å². The van der Waals surface area contributed by atoms with Gasteiger partial charge in [0.2, 0.25) is 5.91 Å². The molecule has 1 rings (SSSR count). The molecule has 0 unspecified atom stereocenters. The van der Waals surface area contributed by atoms with Gasteiger partial charge in [-0.1, -0.05) is 5.92 Å². The molecule has 0 aliphatic heterocycles. The van der Waals surface area contributed by atoms with Gasteiger partial charge in [-0.05, 0) is 44.2 Å². The molecule has 84 valence electrons. The first kappa shape index (κ1) is 12.3. The summed E-state index contributed by atoms with van der Waals surface area (Å²) in [4.78, 5) is 11.4. The number of hydrogen-bond donors (Lipinski definition) is 2. The van der Waals surface area contributed by atoms with Crippen molar-refractivity contribution in [2.45, 2.75) is 19.8 Å². The maximum Gasteiger partial charge on any atom is 0.224 e. The lowest BCUT2D eigenvalue weighted by atomic mass is 10.2. The highest BCUT2D eigenvalue weighted by Crippen LogP contribution is 2.09. The van der Waals surface area contributed by atoms with Crippen LogP contribution in [0.3, 0.4) is 0 Å². The molecular formula is C13H16N2O. The second-order valence-corrected chi connectivity index (χ2v) is 3.39. The van der Waals surface area contributed by atoms with Gasteiger partial charge in [-0.25, -0.2) is 0 Å². The van der Waals surface area contributed by atoms with Gasteiger partial charge in [0.1, 0.15) is 0 Å². The fourth-order valence-corrected chi connectivity index (χ4v) is 1.27. The molecular weight excluding hydrogens is 200 g/mol. The summed E-state index contributed by atoms with van der Waals surface area (Å²) in [5, 5.41) is 2.80. The van der Waals surface area contributed by atoms with Crippen LogP contribution in [0.2, 0.25) is 0 Å². The van der Waals surface area contributed by atoms with E-state index in [0.29, 0.717) is 19.4 Å². The van der Waals surface area contributed by atoms with Crippen molar-refractivity contribution < 1.29 is 4.79 Å². The highest BCUT2D eigenvalue weighted by Gasteiger charge is 2.00. The minimum absolute atomic E-state index is 0.000208. The quantitative estimate of drug-likeness (QED) is 0.753. The van der Waals surface area contributed by atoms with E-state index in [-0.39, 0.29) is 5.91 Å². The standard InChI is InChI=1S/C13H16N2O/c1-2-4-11-6-8-12(9-7-11)15-13(16)5-3-10-14/h6-9H,3,5,10,14H2,1H3,(H,15,16). The Morgan fingerprint density at radius 2 is 2.06 bits per heavy atom. The molecule has 0 saturated carbocycles. The van der Waals surface area contributed by atoms with Crippen LogP contribution in [0.15, 0.2) is 24.3 Å². The fraction of sp³-hybridized carbons (Fsp3) is 0.308. The van der Waals surface area contributed by atoms with E-state index >= 15 is 0 Å². The topological polar surface area (TPSA) is 55.1 Å². The summed E-state index contributed by atoms with van der Waals surface area (Å²) in [7, 11) is 0. The van der Waals surface area contributed by atoms with Crippen LogP contribution < -0.4 is 11.1 Å². The van der Waals surface area contributed by atoms with Gasteiger partial charge >= 0.3 is 0 Å². The van der Waals surface area contributed by atoms with Gasteiger partial charge in [-0.15, -0.1) is 5.92 Å². The van der Waals surface area contributed by atoms with Gasteiger partial charge in [0.25, 0.3) is 0 Å². The van der Waals surface area contributed by atoms with E-state index in [1.807, 2.05) is 24.3 Å². The zero-order chi connectivity index (χ0) is 11.8. The van der Waals surface area contributed by atoms with Crippen molar-refractivity contribution in [3.63, 3.8) is 0 Å². The van der Waals surface area contributed by atoms with Crippen LogP contribution in [0.4, 0.5) is 5.69 Å². The molecule has 0 atom stereocenters. The number of carbonyl (C=O) groups excluding carboxylic acids is 1. The van der Waals surface area contributed by atoms with E-state index in [1.54, 1.807) is 6.92 Å². The number of nitrogens with two attached hydrogens (primary N) is 1. The Labute approximate surface area is 96.0 Å². The molecule has 3 nitrogen and oxygen atoms in total. The number of carbonyl (C=O) groups is 1. The van der Waals surface area contributed by atoms with Crippen molar-refractivity contribution in [1.29, 1.82) is 0 Å². The number of amides is 1. The van der Waals surface area contributed by atoms with E-state index < -0.39 is 0 Å². The highest BCUT2D eigenvalue weighted by atomic mass is 16.1. The summed E-state index contributed by atoms with van der Waals surface area (Å²) < 4.78 is 0. The summed E-state index contributed by atoms with van der Waals surface area (Å²) >= 11 is 0. The van der Waals surface area contributed by atoms with Crippen LogP contribution in [-0.4, -0.2) is 12.5 Å². The molecule has 3 N–H and O–H groups in total. The molecule has 0 aliphatic rings. The van der Waals surface area contributed by atoms with Gasteiger partial charge < -0.3 is 11.1 Å². The second-order valence-electron chi connectivity index (χ2n) is 3.39. The molecule has 1 amide bonds. The first-order valence-corrected chi connectivity index (χ1v) is 5.29. The Balaban J connectivity index is 2.53. The number of anilines is 1. The molecule has 0 spiro atoms. The summed E-state index contributed by atoms with van der Waals surface area (Å²) in [5.41, 5.74) is 7.07. The normalized spacial score (nSPS) is 9.12. The van der Waals surface area contributed by atoms with Crippen molar-refractivity contribution in [3.05, 3.63) is 29.8 Å². The number of rotatable bonds is 4. The molecule has 1 aromatic rings. The van der Waals surface area contributed by atoms with Crippen molar-refractivity contribution >= 4 is 11.6 Å². The molecule has 0 radical (unpaired) electrons. The molecule has 0 saturated heterocycles. The van der Waals surface area contributed by atoms with Crippen LogP contribution in [-0.2, 0) is 4.79 Å². The van der Waals surface area contributed by atoms with Crippen molar-refractivity contribution in [2.24, 2.45) is 5.73 Å². The van der Waals surface area contributed by atoms with Gasteiger partial charge in [-0.2, -0.15) is 0 Å². The van der Waals surface area contributed by atoms with Gasteiger partial charge in [0.15, 0.2) is 0 Å². The Morgan fingerprint density at radius 3 is 2.62 bits per heavy atom. The van der Waals surface area contributed by atoms with E-state index in [1.165, 1.54) is 0 Å². The predicted octanol–water partition coefficient (Wildman–Crippen LogP) is 1.74. The first-order chi connectivity index (χ1) is 7.76. The molecule has 0 heterocycles. The number of nitrogens with one attached hydrogen (secondary N) is 1. The molecule has 0 aromatic heterocycles. The third-order valence-electron chi connectivity index (χ3n) is 2.05. The average molecular weight is 216 g/mol. The van der Waals surface area contributed by atoms with Gasteiger partial charge in [-0.3, -0.25) is 4.79 Å².